The number of carbonyl (C=O) groups excluding carboxylic acids is 1. The Kier molecular flexibility index (Phi) is 4.96. The van der Waals surface area contributed by atoms with Crippen LogP contribution in [0.15, 0.2) is 54.9 Å². The molecule has 1 atom stereocenters. The van der Waals surface area contributed by atoms with E-state index in [0.717, 1.165) is 36.5 Å². The molecule has 0 N–H and O–H groups in total. The fourth-order valence-electron chi connectivity index (χ4n) is 3.54. The van der Waals surface area contributed by atoms with Gasteiger partial charge in [0.15, 0.2) is 0 Å². The van der Waals surface area contributed by atoms with Crippen molar-refractivity contribution >= 4 is 11.6 Å². The molecule has 4 rings (SSSR count). The molecule has 0 unspecified atom stereocenters. The molecule has 1 fully saturated rings. The van der Waals surface area contributed by atoms with Crippen LogP contribution in [0.4, 0.5) is 0 Å². The predicted molar refractivity (Wildman–Crippen MR) is 102 cm³/mol. The molecule has 3 aromatic rings. The molecule has 1 aliphatic rings. The van der Waals surface area contributed by atoms with Crippen LogP contribution in [-0.2, 0) is 0 Å². The molecule has 6 nitrogen and oxygen atoms in total. The van der Waals surface area contributed by atoms with Crippen LogP contribution < -0.4 is 9.47 Å². The maximum Gasteiger partial charge on any atom is 0.272 e. The molecule has 6 heteroatoms. The summed E-state index contributed by atoms with van der Waals surface area (Å²) in [5.74, 6) is 1.91. The third-order valence-electron chi connectivity index (χ3n) is 4.97. The average molecular weight is 365 g/mol. The van der Waals surface area contributed by atoms with E-state index in [1.807, 2.05) is 58.0 Å². The molecular formula is C21H23N3O3. The molecule has 0 spiro atoms. The van der Waals surface area contributed by atoms with Gasteiger partial charge in [0, 0.05) is 31.3 Å². The molecule has 1 amide bonds. The number of fused-ring (bicyclic) bond motifs is 1. The van der Waals surface area contributed by atoms with Gasteiger partial charge in [0.1, 0.15) is 22.8 Å². The van der Waals surface area contributed by atoms with Gasteiger partial charge in [0.05, 0.1) is 19.9 Å². The maximum atomic E-state index is 13.0. The molecule has 3 heterocycles. The number of hydrogen-bond acceptors (Lipinski definition) is 4. The Morgan fingerprint density at radius 1 is 1.22 bits per heavy atom. The Labute approximate surface area is 158 Å². The van der Waals surface area contributed by atoms with E-state index in [2.05, 4.69) is 4.98 Å². The first-order chi connectivity index (χ1) is 13.2. The van der Waals surface area contributed by atoms with Crippen LogP contribution in [0.3, 0.4) is 0 Å². The zero-order valence-electron chi connectivity index (χ0n) is 15.4. The van der Waals surface area contributed by atoms with E-state index in [1.165, 1.54) is 0 Å². The summed E-state index contributed by atoms with van der Waals surface area (Å²) in [6.45, 7) is 2.06. The first-order valence-electron chi connectivity index (χ1n) is 9.23. The van der Waals surface area contributed by atoms with Crippen LogP contribution in [0.2, 0.25) is 0 Å². The number of imidazole rings is 1. The predicted octanol–water partition coefficient (Wildman–Crippen LogP) is 3.27. The van der Waals surface area contributed by atoms with Gasteiger partial charge in [-0.15, -0.1) is 0 Å². The fourth-order valence-corrected chi connectivity index (χ4v) is 3.54. The standard InChI is InChI=1S/C21H23N3O3/c1-26-17-7-4-8-18(12-17)27-15-16-6-5-10-23(14-16)21(25)19-13-22-20-9-2-3-11-24(19)20/h2-4,7-9,11-13,16H,5-6,10,14-15H2,1H3/t16-/m1/s1. The average Bonchev–Trinajstić information content (AvgIpc) is 3.16. The molecule has 0 bridgehead atoms. The van der Waals surface area contributed by atoms with Crippen molar-refractivity contribution in [2.75, 3.05) is 26.8 Å². The Hall–Kier alpha value is -3.02. The lowest BCUT2D eigenvalue weighted by atomic mass is 9.98. The number of pyridine rings is 1. The van der Waals surface area contributed by atoms with Gasteiger partial charge in [-0.3, -0.25) is 9.20 Å². The highest BCUT2D eigenvalue weighted by atomic mass is 16.5. The number of amides is 1. The molecule has 140 valence electrons. The Bertz CT molecular complexity index is 937. The summed E-state index contributed by atoms with van der Waals surface area (Å²) in [6.07, 6.45) is 5.58. The monoisotopic (exact) mass is 365 g/mol. The van der Waals surface area contributed by atoms with E-state index in [0.29, 0.717) is 24.8 Å². The molecule has 0 saturated carbocycles. The summed E-state index contributed by atoms with van der Waals surface area (Å²) in [4.78, 5) is 19.2. The number of piperidine rings is 1. The van der Waals surface area contributed by atoms with Crippen molar-refractivity contribution in [3.63, 3.8) is 0 Å². The number of ether oxygens (including phenoxy) is 2. The summed E-state index contributed by atoms with van der Waals surface area (Å²) < 4.78 is 13.0. The van der Waals surface area contributed by atoms with E-state index in [-0.39, 0.29) is 5.91 Å². The summed E-state index contributed by atoms with van der Waals surface area (Å²) >= 11 is 0. The van der Waals surface area contributed by atoms with Crippen LogP contribution in [0, 0.1) is 5.92 Å². The van der Waals surface area contributed by atoms with Crippen LogP contribution in [0.1, 0.15) is 23.3 Å². The number of likely N-dealkylation sites (tertiary alicyclic amines) is 1. The van der Waals surface area contributed by atoms with Crippen molar-refractivity contribution in [3.05, 3.63) is 60.6 Å². The highest BCUT2D eigenvalue weighted by Crippen LogP contribution is 2.23. The number of carbonyl (C=O) groups is 1. The lowest BCUT2D eigenvalue weighted by molar-refractivity contribution is 0.0626. The minimum absolute atomic E-state index is 0.0276. The number of aromatic nitrogens is 2. The maximum absolute atomic E-state index is 13.0. The number of methoxy groups -OCH3 is 1. The van der Waals surface area contributed by atoms with Gasteiger partial charge in [0.25, 0.3) is 5.91 Å². The Morgan fingerprint density at radius 3 is 3.00 bits per heavy atom. The molecule has 1 saturated heterocycles. The van der Waals surface area contributed by atoms with E-state index in [1.54, 1.807) is 13.3 Å². The van der Waals surface area contributed by atoms with Gasteiger partial charge in [-0.1, -0.05) is 12.1 Å². The zero-order valence-corrected chi connectivity index (χ0v) is 15.4. The van der Waals surface area contributed by atoms with Gasteiger partial charge in [-0.25, -0.2) is 4.98 Å². The second-order valence-electron chi connectivity index (χ2n) is 6.82. The van der Waals surface area contributed by atoms with E-state index >= 15 is 0 Å². The number of rotatable bonds is 5. The topological polar surface area (TPSA) is 56.1 Å². The Morgan fingerprint density at radius 2 is 2.11 bits per heavy atom. The third kappa shape index (κ3) is 3.74. The summed E-state index contributed by atoms with van der Waals surface area (Å²) in [6, 6.07) is 13.3. The Balaban J connectivity index is 1.41. The molecule has 0 radical (unpaired) electrons. The molecule has 27 heavy (non-hydrogen) atoms. The van der Waals surface area contributed by atoms with Crippen molar-refractivity contribution in [1.82, 2.24) is 14.3 Å². The van der Waals surface area contributed by atoms with E-state index in [4.69, 9.17) is 9.47 Å². The lowest BCUT2D eigenvalue weighted by Crippen LogP contribution is -2.42. The van der Waals surface area contributed by atoms with Crippen molar-refractivity contribution in [2.24, 2.45) is 5.92 Å². The van der Waals surface area contributed by atoms with E-state index < -0.39 is 0 Å². The smallest absolute Gasteiger partial charge is 0.272 e. The lowest BCUT2D eigenvalue weighted by Gasteiger charge is -2.32. The second-order valence-corrected chi connectivity index (χ2v) is 6.82. The van der Waals surface area contributed by atoms with Crippen molar-refractivity contribution < 1.29 is 14.3 Å². The molecule has 2 aromatic heterocycles. The number of benzene rings is 1. The zero-order chi connectivity index (χ0) is 18.6. The van der Waals surface area contributed by atoms with Crippen LogP contribution in [0.25, 0.3) is 5.65 Å². The number of nitrogens with zero attached hydrogens (tertiary/aromatic N) is 3. The van der Waals surface area contributed by atoms with Gasteiger partial charge < -0.3 is 14.4 Å². The quantitative estimate of drug-likeness (QED) is 0.696. The second kappa shape index (κ2) is 7.70. The van der Waals surface area contributed by atoms with Gasteiger partial charge in [0.2, 0.25) is 0 Å². The highest BCUT2D eigenvalue weighted by molar-refractivity contribution is 5.93. The minimum Gasteiger partial charge on any atom is -0.497 e. The molecule has 0 aliphatic carbocycles. The van der Waals surface area contributed by atoms with Crippen molar-refractivity contribution in [3.8, 4) is 11.5 Å². The first-order valence-corrected chi connectivity index (χ1v) is 9.23. The van der Waals surface area contributed by atoms with Crippen molar-refractivity contribution in [1.29, 1.82) is 0 Å². The molecule has 1 aromatic carbocycles. The number of hydrogen-bond donors (Lipinski definition) is 0. The van der Waals surface area contributed by atoms with Crippen LogP contribution in [-0.4, -0.2) is 47.0 Å². The van der Waals surface area contributed by atoms with Gasteiger partial charge in [-0.2, -0.15) is 0 Å². The van der Waals surface area contributed by atoms with Crippen LogP contribution >= 0.6 is 0 Å². The van der Waals surface area contributed by atoms with E-state index in [9.17, 15) is 4.79 Å². The molecular weight excluding hydrogens is 342 g/mol. The fraction of sp³-hybridized carbons (Fsp3) is 0.333. The van der Waals surface area contributed by atoms with Gasteiger partial charge in [-0.05, 0) is 37.1 Å². The largest absolute Gasteiger partial charge is 0.497 e. The highest BCUT2D eigenvalue weighted by Gasteiger charge is 2.26. The SMILES string of the molecule is COc1cccc(OC[C@@H]2CCCN(C(=O)c3cnc4ccccn34)C2)c1. The summed E-state index contributed by atoms with van der Waals surface area (Å²) in [5.41, 5.74) is 1.40. The van der Waals surface area contributed by atoms with Gasteiger partial charge >= 0.3 is 0 Å². The molecule has 1 aliphatic heterocycles. The summed E-state index contributed by atoms with van der Waals surface area (Å²) in [5, 5.41) is 0. The van der Waals surface area contributed by atoms with Crippen molar-refractivity contribution in [2.45, 2.75) is 12.8 Å². The first kappa shape index (κ1) is 17.4. The third-order valence-corrected chi connectivity index (χ3v) is 4.97. The minimum atomic E-state index is 0.0276. The normalized spacial score (nSPS) is 17.1. The summed E-state index contributed by atoms with van der Waals surface area (Å²) in [7, 11) is 1.64. The van der Waals surface area contributed by atoms with Crippen LogP contribution in [0.5, 0.6) is 11.5 Å².